The highest BCUT2D eigenvalue weighted by molar-refractivity contribution is 5.23. The Morgan fingerprint density at radius 3 is 2.47 bits per heavy atom. The Morgan fingerprint density at radius 1 is 1.06 bits per heavy atom. The Bertz CT molecular complexity index is 511. The first-order valence-electron chi connectivity index (χ1n) is 5.04. The lowest BCUT2D eigenvalue weighted by molar-refractivity contribution is 0.264. The predicted octanol–water partition coefficient (Wildman–Crippen LogP) is 2.60. The maximum absolute atomic E-state index is 12.9. The molecule has 0 aliphatic rings. The molecule has 2 rings (SSSR count). The summed E-state index contributed by atoms with van der Waals surface area (Å²) >= 11 is 0. The largest absolute Gasteiger partial charge is 0.486 e. The van der Waals surface area contributed by atoms with Crippen molar-refractivity contribution in [1.29, 1.82) is 0 Å². The minimum atomic E-state index is -0.940. The zero-order valence-electron chi connectivity index (χ0n) is 8.95. The van der Waals surface area contributed by atoms with Crippen molar-refractivity contribution < 1.29 is 17.9 Å². The van der Waals surface area contributed by atoms with Gasteiger partial charge in [0, 0.05) is 6.07 Å². The van der Waals surface area contributed by atoms with Gasteiger partial charge in [0.05, 0.1) is 6.54 Å². The summed E-state index contributed by atoms with van der Waals surface area (Å²) in [7, 11) is 0. The van der Waals surface area contributed by atoms with E-state index in [9.17, 15) is 8.78 Å². The molecule has 0 saturated carbocycles. The fraction of sp³-hybridized carbons (Fsp3) is 0.167. The summed E-state index contributed by atoms with van der Waals surface area (Å²) in [6.07, 6.45) is 0. The van der Waals surface area contributed by atoms with Crippen LogP contribution in [0, 0.1) is 11.6 Å². The fourth-order valence-electron chi connectivity index (χ4n) is 1.33. The highest BCUT2D eigenvalue weighted by atomic mass is 19.2. The molecule has 1 aromatic carbocycles. The molecular weight excluding hydrogens is 228 g/mol. The molecule has 1 heterocycles. The van der Waals surface area contributed by atoms with E-state index < -0.39 is 11.6 Å². The Balaban J connectivity index is 1.99. The van der Waals surface area contributed by atoms with Gasteiger partial charge in [0.1, 0.15) is 23.9 Å². The zero-order chi connectivity index (χ0) is 12.3. The summed E-state index contributed by atoms with van der Waals surface area (Å²) < 4.78 is 36.1. The molecule has 0 amide bonds. The number of rotatable bonds is 4. The van der Waals surface area contributed by atoms with Crippen molar-refractivity contribution in [2.75, 3.05) is 0 Å². The van der Waals surface area contributed by atoms with Crippen LogP contribution in [0.3, 0.4) is 0 Å². The molecular formula is C12H11F2NO2. The van der Waals surface area contributed by atoms with Gasteiger partial charge in [-0.05, 0) is 24.3 Å². The SMILES string of the molecule is NCc1ccc(COc2ccc(F)c(F)c2)o1. The molecule has 0 aliphatic carbocycles. The van der Waals surface area contributed by atoms with Gasteiger partial charge in [0.2, 0.25) is 0 Å². The van der Waals surface area contributed by atoms with Gasteiger partial charge in [-0.25, -0.2) is 8.78 Å². The standard InChI is InChI=1S/C12H11F2NO2/c13-11-4-3-8(5-12(11)14)16-7-10-2-1-9(6-15)17-10/h1-5H,6-7,15H2. The van der Waals surface area contributed by atoms with Gasteiger partial charge in [0.25, 0.3) is 0 Å². The maximum Gasteiger partial charge on any atom is 0.162 e. The molecule has 0 fully saturated rings. The quantitative estimate of drug-likeness (QED) is 0.892. The van der Waals surface area contributed by atoms with Crippen molar-refractivity contribution in [2.45, 2.75) is 13.2 Å². The molecule has 0 aliphatic heterocycles. The van der Waals surface area contributed by atoms with Crippen molar-refractivity contribution >= 4 is 0 Å². The van der Waals surface area contributed by atoms with Crippen LogP contribution in [-0.4, -0.2) is 0 Å². The lowest BCUT2D eigenvalue weighted by Crippen LogP contribution is -1.96. The number of halogens is 2. The Morgan fingerprint density at radius 2 is 1.82 bits per heavy atom. The minimum Gasteiger partial charge on any atom is -0.486 e. The van der Waals surface area contributed by atoms with Crippen LogP contribution in [0.1, 0.15) is 11.5 Å². The van der Waals surface area contributed by atoms with E-state index in [1.54, 1.807) is 12.1 Å². The molecule has 0 bridgehead atoms. The first-order chi connectivity index (χ1) is 8.19. The van der Waals surface area contributed by atoms with Crippen molar-refractivity contribution in [2.24, 2.45) is 5.73 Å². The van der Waals surface area contributed by atoms with Gasteiger partial charge in [-0.3, -0.25) is 0 Å². The summed E-state index contributed by atoms with van der Waals surface area (Å²) in [6.45, 7) is 0.455. The number of nitrogens with two attached hydrogens (primary N) is 1. The summed E-state index contributed by atoms with van der Waals surface area (Å²) in [4.78, 5) is 0. The summed E-state index contributed by atoms with van der Waals surface area (Å²) in [5, 5.41) is 0. The van der Waals surface area contributed by atoms with Crippen molar-refractivity contribution in [3.05, 3.63) is 53.5 Å². The number of hydrogen-bond acceptors (Lipinski definition) is 3. The molecule has 5 heteroatoms. The van der Waals surface area contributed by atoms with E-state index in [-0.39, 0.29) is 12.4 Å². The first kappa shape index (κ1) is 11.6. The van der Waals surface area contributed by atoms with Gasteiger partial charge < -0.3 is 14.9 Å². The molecule has 0 spiro atoms. The molecule has 0 unspecified atom stereocenters. The van der Waals surface area contributed by atoms with Gasteiger partial charge in [0.15, 0.2) is 11.6 Å². The monoisotopic (exact) mass is 239 g/mol. The van der Waals surface area contributed by atoms with Gasteiger partial charge >= 0.3 is 0 Å². The number of ether oxygens (including phenoxy) is 1. The molecule has 2 aromatic rings. The minimum absolute atomic E-state index is 0.144. The second-order valence-corrected chi connectivity index (χ2v) is 3.44. The van der Waals surface area contributed by atoms with Crippen LogP contribution in [0.2, 0.25) is 0 Å². The molecule has 17 heavy (non-hydrogen) atoms. The third kappa shape index (κ3) is 2.82. The van der Waals surface area contributed by atoms with E-state index in [2.05, 4.69) is 0 Å². The molecule has 1 aromatic heterocycles. The van der Waals surface area contributed by atoms with Crippen molar-refractivity contribution in [1.82, 2.24) is 0 Å². The maximum atomic E-state index is 12.9. The fourth-order valence-corrected chi connectivity index (χ4v) is 1.33. The lowest BCUT2D eigenvalue weighted by Gasteiger charge is -2.04. The van der Waals surface area contributed by atoms with Crippen LogP contribution in [-0.2, 0) is 13.2 Å². The second-order valence-electron chi connectivity index (χ2n) is 3.44. The first-order valence-corrected chi connectivity index (χ1v) is 5.04. The zero-order valence-corrected chi connectivity index (χ0v) is 8.95. The Kier molecular flexibility index (Phi) is 3.39. The highest BCUT2D eigenvalue weighted by Gasteiger charge is 2.05. The molecule has 0 radical (unpaired) electrons. The average molecular weight is 239 g/mol. The van der Waals surface area contributed by atoms with Crippen LogP contribution in [0.5, 0.6) is 5.75 Å². The number of furan rings is 1. The molecule has 0 saturated heterocycles. The van der Waals surface area contributed by atoms with Gasteiger partial charge in [-0.1, -0.05) is 0 Å². The Labute approximate surface area is 96.8 Å². The molecule has 90 valence electrons. The summed E-state index contributed by atoms with van der Waals surface area (Å²) in [5.74, 6) is -0.371. The van der Waals surface area contributed by atoms with Crippen molar-refractivity contribution in [3.63, 3.8) is 0 Å². The molecule has 0 atom stereocenters. The van der Waals surface area contributed by atoms with Crippen LogP contribution in [0.4, 0.5) is 8.78 Å². The number of benzene rings is 1. The summed E-state index contributed by atoms with van der Waals surface area (Å²) in [5.41, 5.74) is 5.38. The predicted molar refractivity (Wildman–Crippen MR) is 57.3 cm³/mol. The average Bonchev–Trinajstić information content (AvgIpc) is 2.79. The van der Waals surface area contributed by atoms with Crippen molar-refractivity contribution in [3.8, 4) is 5.75 Å². The Hall–Kier alpha value is -1.88. The van der Waals surface area contributed by atoms with E-state index in [1.165, 1.54) is 6.07 Å². The van der Waals surface area contributed by atoms with E-state index in [0.717, 1.165) is 12.1 Å². The van der Waals surface area contributed by atoms with Crippen LogP contribution in [0.15, 0.2) is 34.7 Å². The smallest absolute Gasteiger partial charge is 0.162 e. The van der Waals surface area contributed by atoms with Crippen LogP contribution in [0.25, 0.3) is 0 Å². The third-order valence-electron chi connectivity index (χ3n) is 2.19. The lowest BCUT2D eigenvalue weighted by atomic mass is 10.3. The van der Waals surface area contributed by atoms with E-state index in [4.69, 9.17) is 14.9 Å². The van der Waals surface area contributed by atoms with E-state index in [0.29, 0.717) is 18.1 Å². The van der Waals surface area contributed by atoms with Crippen LogP contribution >= 0.6 is 0 Å². The van der Waals surface area contributed by atoms with Gasteiger partial charge in [-0.15, -0.1) is 0 Å². The second kappa shape index (κ2) is 4.97. The molecule has 2 N–H and O–H groups in total. The summed E-state index contributed by atoms with van der Waals surface area (Å²) in [6, 6.07) is 6.82. The normalized spacial score (nSPS) is 10.5. The van der Waals surface area contributed by atoms with Gasteiger partial charge in [-0.2, -0.15) is 0 Å². The topological polar surface area (TPSA) is 48.4 Å². The van der Waals surface area contributed by atoms with Crippen LogP contribution < -0.4 is 10.5 Å². The van der Waals surface area contributed by atoms with E-state index >= 15 is 0 Å². The van der Waals surface area contributed by atoms with E-state index in [1.807, 2.05) is 0 Å². The third-order valence-corrected chi connectivity index (χ3v) is 2.19. The highest BCUT2D eigenvalue weighted by Crippen LogP contribution is 2.17. The molecule has 3 nitrogen and oxygen atoms in total. The number of hydrogen-bond donors (Lipinski definition) is 1.